The molecule has 0 saturated heterocycles. The van der Waals surface area contributed by atoms with Gasteiger partial charge >= 0.3 is 0 Å². The molecule has 0 radical (unpaired) electrons. The minimum atomic E-state index is -0.284. The maximum absolute atomic E-state index is 11.9. The standard InChI is InChI=1S/C11H14Cl2N2O/c1-2-7(6-14)15-11(16)10-8(12)4-3-5-9(10)13/h3-5,7H,2,6,14H2,1H3,(H,15,16). The molecule has 16 heavy (non-hydrogen) atoms. The van der Waals surface area contributed by atoms with Crippen molar-refractivity contribution >= 4 is 29.1 Å². The molecule has 0 saturated carbocycles. The Balaban J connectivity index is 2.88. The monoisotopic (exact) mass is 260 g/mol. The van der Waals surface area contributed by atoms with Crippen LogP contribution in [0.2, 0.25) is 10.0 Å². The van der Waals surface area contributed by atoms with Crippen molar-refractivity contribution in [2.24, 2.45) is 5.73 Å². The van der Waals surface area contributed by atoms with E-state index in [-0.39, 0.29) is 11.9 Å². The van der Waals surface area contributed by atoms with Crippen LogP contribution in [0.4, 0.5) is 0 Å². The average Bonchev–Trinajstić information content (AvgIpc) is 2.25. The Morgan fingerprint density at radius 1 is 1.44 bits per heavy atom. The van der Waals surface area contributed by atoms with E-state index in [2.05, 4.69) is 5.32 Å². The molecule has 0 heterocycles. The van der Waals surface area contributed by atoms with Crippen LogP contribution in [-0.2, 0) is 0 Å². The quantitative estimate of drug-likeness (QED) is 0.874. The molecule has 3 N–H and O–H groups in total. The molecule has 0 bridgehead atoms. The van der Waals surface area contributed by atoms with Gasteiger partial charge in [0.15, 0.2) is 0 Å². The summed E-state index contributed by atoms with van der Waals surface area (Å²) >= 11 is 11.8. The summed E-state index contributed by atoms with van der Waals surface area (Å²) in [7, 11) is 0. The van der Waals surface area contributed by atoms with Gasteiger partial charge in [-0.15, -0.1) is 0 Å². The topological polar surface area (TPSA) is 55.1 Å². The first-order valence-corrected chi connectivity index (χ1v) is 5.80. The van der Waals surface area contributed by atoms with E-state index in [0.717, 1.165) is 6.42 Å². The zero-order chi connectivity index (χ0) is 12.1. The Bertz CT molecular complexity index is 358. The summed E-state index contributed by atoms with van der Waals surface area (Å²) in [5.74, 6) is -0.284. The molecule has 0 aliphatic heterocycles. The molecule has 0 spiro atoms. The second kappa shape index (κ2) is 6.09. The molecule has 0 aliphatic rings. The Morgan fingerprint density at radius 2 is 2.00 bits per heavy atom. The lowest BCUT2D eigenvalue weighted by atomic mass is 10.1. The first-order valence-electron chi connectivity index (χ1n) is 5.05. The summed E-state index contributed by atoms with van der Waals surface area (Å²) in [6, 6.07) is 4.90. The fourth-order valence-electron chi connectivity index (χ4n) is 1.30. The maximum atomic E-state index is 11.9. The SMILES string of the molecule is CCC(CN)NC(=O)c1c(Cl)cccc1Cl. The second-order valence-corrected chi connectivity index (χ2v) is 4.23. The molecule has 1 aromatic carbocycles. The molecule has 0 aromatic heterocycles. The van der Waals surface area contributed by atoms with Crippen LogP contribution in [0.15, 0.2) is 18.2 Å². The maximum Gasteiger partial charge on any atom is 0.254 e. The summed E-state index contributed by atoms with van der Waals surface area (Å²) in [6.45, 7) is 2.34. The number of carbonyl (C=O) groups excluding carboxylic acids is 1. The van der Waals surface area contributed by atoms with E-state index < -0.39 is 0 Å². The third kappa shape index (κ3) is 3.11. The van der Waals surface area contributed by atoms with Crippen molar-refractivity contribution in [1.29, 1.82) is 0 Å². The number of amides is 1. The van der Waals surface area contributed by atoms with E-state index in [1.165, 1.54) is 0 Å². The van der Waals surface area contributed by atoms with Crippen LogP contribution in [0.25, 0.3) is 0 Å². The molecule has 1 unspecified atom stereocenters. The largest absolute Gasteiger partial charge is 0.348 e. The normalized spacial score (nSPS) is 12.2. The van der Waals surface area contributed by atoms with E-state index in [9.17, 15) is 4.79 Å². The summed E-state index contributed by atoms with van der Waals surface area (Å²) in [5.41, 5.74) is 5.81. The number of benzene rings is 1. The third-order valence-corrected chi connectivity index (χ3v) is 2.93. The van der Waals surface area contributed by atoms with Crippen molar-refractivity contribution in [1.82, 2.24) is 5.32 Å². The summed E-state index contributed by atoms with van der Waals surface area (Å²) in [6.07, 6.45) is 0.768. The summed E-state index contributed by atoms with van der Waals surface area (Å²) in [5, 5.41) is 3.47. The van der Waals surface area contributed by atoms with Crippen LogP contribution < -0.4 is 11.1 Å². The molecule has 5 heteroatoms. The molecule has 0 fully saturated rings. The molecule has 1 rings (SSSR count). The van der Waals surface area contributed by atoms with Crippen LogP contribution in [0.1, 0.15) is 23.7 Å². The van der Waals surface area contributed by atoms with Gasteiger partial charge in [-0.2, -0.15) is 0 Å². The van der Waals surface area contributed by atoms with Gasteiger partial charge in [-0.25, -0.2) is 0 Å². The van der Waals surface area contributed by atoms with Crippen LogP contribution in [0.3, 0.4) is 0 Å². The molecule has 1 amide bonds. The molecule has 1 aromatic rings. The second-order valence-electron chi connectivity index (χ2n) is 3.41. The molecule has 0 aliphatic carbocycles. The van der Waals surface area contributed by atoms with Gasteiger partial charge in [-0.1, -0.05) is 36.2 Å². The van der Waals surface area contributed by atoms with Crippen molar-refractivity contribution < 1.29 is 4.79 Å². The minimum Gasteiger partial charge on any atom is -0.348 e. The first kappa shape index (κ1) is 13.3. The summed E-state index contributed by atoms with van der Waals surface area (Å²) < 4.78 is 0. The first-order chi connectivity index (χ1) is 7.60. The van der Waals surface area contributed by atoms with Gasteiger partial charge < -0.3 is 11.1 Å². The van der Waals surface area contributed by atoms with Crippen molar-refractivity contribution in [2.75, 3.05) is 6.54 Å². The van der Waals surface area contributed by atoms with Crippen molar-refractivity contribution in [3.8, 4) is 0 Å². The van der Waals surface area contributed by atoms with E-state index in [1.807, 2.05) is 6.92 Å². The molecule has 88 valence electrons. The minimum absolute atomic E-state index is 0.0557. The molecule has 1 atom stereocenters. The number of halogens is 2. The fourth-order valence-corrected chi connectivity index (χ4v) is 1.87. The smallest absolute Gasteiger partial charge is 0.254 e. The highest BCUT2D eigenvalue weighted by Crippen LogP contribution is 2.24. The van der Waals surface area contributed by atoms with Gasteiger partial charge in [0.2, 0.25) is 0 Å². The Hall–Kier alpha value is -0.770. The average molecular weight is 261 g/mol. The predicted octanol–water partition coefficient (Wildman–Crippen LogP) is 2.46. The number of nitrogens with one attached hydrogen (secondary N) is 1. The van der Waals surface area contributed by atoms with Gasteiger partial charge in [0, 0.05) is 12.6 Å². The molecular weight excluding hydrogens is 247 g/mol. The Morgan fingerprint density at radius 3 is 2.44 bits per heavy atom. The van der Waals surface area contributed by atoms with Crippen molar-refractivity contribution in [2.45, 2.75) is 19.4 Å². The Kier molecular flexibility index (Phi) is 5.06. The van der Waals surface area contributed by atoms with Crippen LogP contribution in [0, 0.1) is 0 Å². The molecular formula is C11H14Cl2N2O. The zero-order valence-corrected chi connectivity index (χ0v) is 10.5. The van der Waals surface area contributed by atoms with Gasteiger partial charge in [-0.3, -0.25) is 4.79 Å². The highest BCUT2D eigenvalue weighted by Gasteiger charge is 2.16. The fraction of sp³-hybridized carbons (Fsp3) is 0.364. The van der Waals surface area contributed by atoms with Crippen molar-refractivity contribution in [3.63, 3.8) is 0 Å². The van der Waals surface area contributed by atoms with E-state index in [0.29, 0.717) is 22.2 Å². The van der Waals surface area contributed by atoms with Gasteiger partial charge in [0.1, 0.15) is 0 Å². The predicted molar refractivity (Wildman–Crippen MR) is 67.1 cm³/mol. The number of hydrogen-bond donors (Lipinski definition) is 2. The number of nitrogens with two attached hydrogens (primary N) is 1. The summed E-state index contributed by atoms with van der Waals surface area (Å²) in [4.78, 5) is 11.9. The molecule has 3 nitrogen and oxygen atoms in total. The van der Waals surface area contributed by atoms with Gasteiger partial charge in [0.25, 0.3) is 5.91 Å². The highest BCUT2D eigenvalue weighted by atomic mass is 35.5. The lowest BCUT2D eigenvalue weighted by Gasteiger charge is -2.15. The lowest BCUT2D eigenvalue weighted by molar-refractivity contribution is 0.0937. The highest BCUT2D eigenvalue weighted by molar-refractivity contribution is 6.39. The van der Waals surface area contributed by atoms with Crippen molar-refractivity contribution in [3.05, 3.63) is 33.8 Å². The van der Waals surface area contributed by atoms with Gasteiger partial charge in [-0.05, 0) is 18.6 Å². The zero-order valence-electron chi connectivity index (χ0n) is 8.97. The van der Waals surface area contributed by atoms with Crippen LogP contribution in [0.5, 0.6) is 0 Å². The van der Waals surface area contributed by atoms with E-state index in [4.69, 9.17) is 28.9 Å². The van der Waals surface area contributed by atoms with E-state index >= 15 is 0 Å². The van der Waals surface area contributed by atoms with Gasteiger partial charge in [0.05, 0.1) is 15.6 Å². The number of rotatable bonds is 4. The number of carbonyl (C=O) groups is 1. The Labute approximate surface area is 105 Å². The lowest BCUT2D eigenvalue weighted by Crippen LogP contribution is -2.39. The third-order valence-electron chi connectivity index (χ3n) is 2.30. The number of hydrogen-bond acceptors (Lipinski definition) is 2. The van der Waals surface area contributed by atoms with Crippen LogP contribution in [-0.4, -0.2) is 18.5 Å². The van der Waals surface area contributed by atoms with E-state index in [1.54, 1.807) is 18.2 Å². The van der Waals surface area contributed by atoms with Crippen LogP contribution >= 0.6 is 23.2 Å².